The van der Waals surface area contributed by atoms with E-state index in [-0.39, 0.29) is 56.1 Å². The SMILES string of the molecule is CC(C)(C)OC(=O)C1CC(S(=O)(=O)N2CCOCC2)C(c2ccccc2F)N1C(=O)CNC(=O)Nc1cccc(C(=O)OCc2ccccc2)c1. The average molecular weight is 725 g/mol. The molecule has 2 N–H and O–H groups in total. The van der Waals surface area contributed by atoms with Gasteiger partial charge in [-0.3, -0.25) is 4.79 Å². The van der Waals surface area contributed by atoms with E-state index in [9.17, 15) is 27.6 Å². The van der Waals surface area contributed by atoms with Gasteiger partial charge >= 0.3 is 18.0 Å². The lowest BCUT2D eigenvalue weighted by Crippen LogP contribution is -2.50. The van der Waals surface area contributed by atoms with E-state index >= 15 is 4.39 Å². The van der Waals surface area contributed by atoms with Gasteiger partial charge in [0.05, 0.1) is 31.4 Å². The molecule has 3 aromatic rings. The molecule has 51 heavy (non-hydrogen) atoms. The summed E-state index contributed by atoms with van der Waals surface area (Å²) >= 11 is 0. The molecule has 0 spiro atoms. The average Bonchev–Trinajstić information content (AvgIpc) is 3.52. The number of rotatable bonds is 10. The number of anilines is 1. The van der Waals surface area contributed by atoms with Crippen molar-refractivity contribution >= 4 is 39.6 Å². The number of sulfonamides is 1. The topological polar surface area (TPSA) is 161 Å². The van der Waals surface area contributed by atoms with Crippen LogP contribution >= 0.6 is 0 Å². The lowest BCUT2D eigenvalue weighted by atomic mass is 10.0. The van der Waals surface area contributed by atoms with Crippen LogP contribution in [0.3, 0.4) is 0 Å². The zero-order valence-corrected chi connectivity index (χ0v) is 29.4. The Morgan fingerprint density at radius 1 is 0.941 bits per heavy atom. The highest BCUT2D eigenvalue weighted by Crippen LogP contribution is 2.43. The van der Waals surface area contributed by atoms with Gasteiger partial charge in [0.2, 0.25) is 15.9 Å². The molecule has 2 fully saturated rings. The minimum absolute atomic E-state index is 0.0571. The number of benzene rings is 3. The second kappa shape index (κ2) is 16.0. The van der Waals surface area contributed by atoms with Crippen LogP contribution in [0.2, 0.25) is 0 Å². The highest BCUT2D eigenvalue weighted by molar-refractivity contribution is 7.89. The maximum atomic E-state index is 15.5. The lowest BCUT2D eigenvalue weighted by molar-refractivity contribution is -0.164. The van der Waals surface area contributed by atoms with E-state index in [1.165, 1.54) is 40.7 Å². The number of morpholine rings is 1. The van der Waals surface area contributed by atoms with Crippen molar-refractivity contribution in [2.75, 3.05) is 38.2 Å². The monoisotopic (exact) mass is 724 g/mol. The van der Waals surface area contributed by atoms with Crippen molar-refractivity contribution in [3.8, 4) is 0 Å². The number of likely N-dealkylation sites (tertiary alicyclic amines) is 1. The van der Waals surface area contributed by atoms with Gasteiger partial charge in [-0.1, -0.05) is 54.6 Å². The molecule has 0 radical (unpaired) electrons. The van der Waals surface area contributed by atoms with Crippen molar-refractivity contribution in [2.45, 2.75) is 56.7 Å². The van der Waals surface area contributed by atoms with E-state index in [0.717, 1.165) is 16.5 Å². The van der Waals surface area contributed by atoms with Crippen molar-refractivity contribution in [3.05, 3.63) is 101 Å². The molecule has 2 aliphatic heterocycles. The van der Waals surface area contributed by atoms with Gasteiger partial charge < -0.3 is 29.7 Å². The van der Waals surface area contributed by atoms with Gasteiger partial charge in [-0.2, -0.15) is 4.31 Å². The summed E-state index contributed by atoms with van der Waals surface area (Å²) in [6.07, 6.45) is -0.362. The normalized spacial score (nSPS) is 19.6. The summed E-state index contributed by atoms with van der Waals surface area (Å²) in [6.45, 7) is 4.70. The molecule has 2 heterocycles. The van der Waals surface area contributed by atoms with Gasteiger partial charge in [-0.15, -0.1) is 0 Å². The summed E-state index contributed by atoms with van der Waals surface area (Å²) in [5, 5.41) is 3.58. The van der Waals surface area contributed by atoms with E-state index < -0.39 is 69.2 Å². The van der Waals surface area contributed by atoms with Crippen LogP contribution in [0, 0.1) is 5.82 Å². The van der Waals surface area contributed by atoms with Gasteiger partial charge in [0.15, 0.2) is 0 Å². The van der Waals surface area contributed by atoms with E-state index in [2.05, 4.69) is 10.6 Å². The smallest absolute Gasteiger partial charge is 0.338 e. The van der Waals surface area contributed by atoms with Crippen molar-refractivity contribution in [1.82, 2.24) is 14.5 Å². The Balaban J connectivity index is 1.35. The number of amides is 3. The summed E-state index contributed by atoms with van der Waals surface area (Å²) < 4.78 is 61.2. The first kappa shape index (κ1) is 37.4. The molecule has 0 bridgehead atoms. The molecule has 272 valence electrons. The Bertz CT molecular complexity index is 1850. The van der Waals surface area contributed by atoms with E-state index in [4.69, 9.17) is 14.2 Å². The van der Waals surface area contributed by atoms with Crippen LogP contribution < -0.4 is 10.6 Å². The van der Waals surface area contributed by atoms with Crippen molar-refractivity contribution in [2.24, 2.45) is 0 Å². The fourth-order valence-electron chi connectivity index (χ4n) is 6.04. The molecular weight excluding hydrogens is 683 g/mol. The molecule has 0 saturated carbocycles. The standard InChI is InChI=1S/C36H41FN4O9S/c1-36(2,3)50-34(44)29-21-30(51(46,47)40-16-18-48-19-17-40)32(27-14-7-8-15-28(27)37)41(29)31(42)22-38-35(45)39-26-13-9-12-25(20-26)33(43)49-23-24-10-5-4-6-11-24/h4-15,20,29-30,32H,16-19,21-23H2,1-3H3,(H2,38,39,45). The number of ether oxygens (including phenoxy) is 3. The molecule has 2 aliphatic rings. The van der Waals surface area contributed by atoms with Gasteiger partial charge in [0, 0.05) is 24.3 Å². The predicted molar refractivity (Wildman–Crippen MR) is 184 cm³/mol. The van der Waals surface area contributed by atoms with Crippen molar-refractivity contribution in [1.29, 1.82) is 0 Å². The van der Waals surface area contributed by atoms with Crippen LogP contribution in [0.25, 0.3) is 0 Å². The number of carbonyl (C=O) groups is 4. The second-order valence-corrected chi connectivity index (χ2v) is 15.2. The van der Waals surface area contributed by atoms with Crippen LogP contribution in [0.4, 0.5) is 14.9 Å². The summed E-state index contributed by atoms with van der Waals surface area (Å²) in [4.78, 5) is 54.3. The molecule has 15 heteroatoms. The van der Waals surface area contributed by atoms with Gasteiger partial charge in [0.25, 0.3) is 0 Å². The Labute approximate surface area is 296 Å². The third-order valence-corrected chi connectivity index (χ3v) is 10.6. The molecule has 13 nitrogen and oxygen atoms in total. The Hall–Kier alpha value is -4.86. The number of nitrogens with one attached hydrogen (secondary N) is 2. The molecule has 3 atom stereocenters. The number of urea groups is 1. The summed E-state index contributed by atoms with van der Waals surface area (Å²) in [5.41, 5.74) is 0.124. The predicted octanol–water partition coefficient (Wildman–Crippen LogP) is 4.02. The zero-order chi connectivity index (χ0) is 36.8. The van der Waals surface area contributed by atoms with Crippen molar-refractivity contribution in [3.63, 3.8) is 0 Å². The quantitative estimate of drug-likeness (QED) is 0.295. The number of halogens is 1. The third-order valence-electron chi connectivity index (χ3n) is 8.32. The number of carbonyl (C=O) groups excluding carboxylic acids is 4. The van der Waals surface area contributed by atoms with Crippen LogP contribution in [-0.2, 0) is 40.4 Å². The Morgan fingerprint density at radius 2 is 1.63 bits per heavy atom. The molecule has 2 saturated heterocycles. The summed E-state index contributed by atoms with van der Waals surface area (Å²) in [7, 11) is -4.21. The second-order valence-electron chi connectivity index (χ2n) is 13.1. The molecule has 0 aliphatic carbocycles. The lowest BCUT2D eigenvalue weighted by Gasteiger charge is -2.34. The first-order chi connectivity index (χ1) is 24.2. The molecule has 3 unspecified atom stereocenters. The number of nitrogens with zero attached hydrogens (tertiary/aromatic N) is 2. The fraction of sp³-hybridized carbons (Fsp3) is 0.389. The minimum Gasteiger partial charge on any atom is -0.458 e. The van der Waals surface area contributed by atoms with E-state index in [1.807, 2.05) is 30.3 Å². The Morgan fingerprint density at radius 3 is 2.31 bits per heavy atom. The minimum atomic E-state index is -4.21. The van der Waals surface area contributed by atoms with E-state index in [0.29, 0.717) is 0 Å². The molecule has 0 aromatic heterocycles. The summed E-state index contributed by atoms with van der Waals surface area (Å²) in [5.74, 6) is -3.08. The Kier molecular flexibility index (Phi) is 11.7. The highest BCUT2D eigenvalue weighted by Gasteiger charge is 2.55. The number of esters is 2. The van der Waals surface area contributed by atoms with E-state index in [1.54, 1.807) is 26.8 Å². The van der Waals surface area contributed by atoms with Gasteiger partial charge in [-0.05, 0) is 57.0 Å². The zero-order valence-electron chi connectivity index (χ0n) is 28.5. The van der Waals surface area contributed by atoms with Gasteiger partial charge in [-0.25, -0.2) is 27.2 Å². The van der Waals surface area contributed by atoms with Crippen LogP contribution in [0.5, 0.6) is 0 Å². The number of hydrogen-bond acceptors (Lipinski definition) is 9. The van der Waals surface area contributed by atoms with Gasteiger partial charge in [0.1, 0.15) is 29.3 Å². The fourth-order valence-corrected chi connectivity index (χ4v) is 8.11. The largest absolute Gasteiger partial charge is 0.458 e. The first-order valence-electron chi connectivity index (χ1n) is 16.5. The van der Waals surface area contributed by atoms with Crippen LogP contribution in [0.1, 0.15) is 54.7 Å². The molecule has 3 amide bonds. The van der Waals surface area contributed by atoms with Crippen molar-refractivity contribution < 1.29 is 46.2 Å². The summed E-state index contributed by atoms with van der Waals surface area (Å²) in [6, 6.07) is 16.9. The molecule has 3 aromatic carbocycles. The molecule has 5 rings (SSSR count). The van der Waals surface area contributed by atoms with Crippen LogP contribution in [-0.4, -0.2) is 91.2 Å². The number of hydrogen-bond donors (Lipinski definition) is 2. The third kappa shape index (κ3) is 9.28. The maximum Gasteiger partial charge on any atom is 0.338 e. The first-order valence-corrected chi connectivity index (χ1v) is 18.0. The highest BCUT2D eigenvalue weighted by atomic mass is 32.2. The maximum absolute atomic E-state index is 15.5. The molecular formula is C36H41FN4O9S. The van der Waals surface area contributed by atoms with Crippen LogP contribution in [0.15, 0.2) is 78.9 Å².